The van der Waals surface area contributed by atoms with E-state index in [1.807, 2.05) is 0 Å². The van der Waals surface area contributed by atoms with Gasteiger partial charge in [0.15, 0.2) is 5.76 Å². The number of nitrogens with one attached hydrogen (secondary N) is 1. The van der Waals surface area contributed by atoms with Gasteiger partial charge in [0.05, 0.1) is 6.26 Å². The molecule has 0 spiro atoms. The third-order valence-corrected chi connectivity index (χ3v) is 2.12. The molecule has 0 atom stereocenters. The largest absolute Gasteiger partial charge is 0.459 e. The lowest BCUT2D eigenvalue weighted by Crippen LogP contribution is -2.13. The number of furan rings is 1. The molecule has 6 heteroatoms. The Kier molecular flexibility index (Phi) is 2.87. The number of hydrogen-bond donors (Lipinski definition) is 1. The molecule has 0 aromatic carbocycles. The summed E-state index contributed by atoms with van der Waals surface area (Å²) in [6.07, 6.45) is 2.91. The molecule has 0 radical (unpaired) electrons. The summed E-state index contributed by atoms with van der Waals surface area (Å²) in [4.78, 5) is 19.2. The van der Waals surface area contributed by atoms with Crippen molar-refractivity contribution < 1.29 is 9.21 Å². The Hall–Kier alpha value is -1.88. The van der Waals surface area contributed by atoms with Crippen LogP contribution in [0.4, 0.5) is 5.82 Å². The van der Waals surface area contributed by atoms with Gasteiger partial charge in [0.2, 0.25) is 5.28 Å². The van der Waals surface area contributed by atoms with Gasteiger partial charge in [-0.15, -0.1) is 0 Å². The summed E-state index contributed by atoms with van der Waals surface area (Å²) in [6, 6.07) is 3.25. The summed E-state index contributed by atoms with van der Waals surface area (Å²) in [5, 5.41) is 2.64. The van der Waals surface area contributed by atoms with Gasteiger partial charge in [-0.2, -0.15) is 0 Å². The van der Waals surface area contributed by atoms with Crippen molar-refractivity contribution in [3.05, 3.63) is 41.2 Å². The maximum absolute atomic E-state index is 11.7. The molecule has 0 aliphatic rings. The van der Waals surface area contributed by atoms with E-state index in [0.29, 0.717) is 5.82 Å². The van der Waals surface area contributed by atoms with Crippen LogP contribution in [0.2, 0.25) is 5.28 Å². The highest BCUT2D eigenvalue weighted by Crippen LogP contribution is 2.12. The first-order valence-electron chi connectivity index (χ1n) is 4.51. The lowest BCUT2D eigenvalue weighted by molar-refractivity contribution is 0.0995. The zero-order chi connectivity index (χ0) is 11.5. The molecule has 1 N–H and O–H groups in total. The fourth-order valence-corrected chi connectivity index (χ4v) is 1.33. The quantitative estimate of drug-likeness (QED) is 0.814. The number of hydrogen-bond acceptors (Lipinski definition) is 4. The van der Waals surface area contributed by atoms with Crippen LogP contribution < -0.4 is 5.32 Å². The van der Waals surface area contributed by atoms with Gasteiger partial charge < -0.3 is 9.73 Å². The second-order valence-corrected chi connectivity index (χ2v) is 3.44. The number of halogens is 1. The van der Waals surface area contributed by atoms with E-state index in [1.54, 1.807) is 19.1 Å². The summed E-state index contributed by atoms with van der Waals surface area (Å²) in [5.41, 5.74) is 0.762. The molecule has 0 saturated carbocycles. The van der Waals surface area contributed by atoms with Crippen molar-refractivity contribution in [3.8, 4) is 0 Å². The van der Waals surface area contributed by atoms with Gasteiger partial charge in [-0.05, 0) is 30.7 Å². The normalized spacial score (nSPS) is 10.1. The number of aryl methyl sites for hydroxylation is 1. The minimum absolute atomic E-state index is 0.0777. The van der Waals surface area contributed by atoms with Gasteiger partial charge in [-0.1, -0.05) is 0 Å². The second kappa shape index (κ2) is 4.32. The Morgan fingerprint density at radius 2 is 2.31 bits per heavy atom. The van der Waals surface area contributed by atoms with Crippen LogP contribution in [0.3, 0.4) is 0 Å². The van der Waals surface area contributed by atoms with E-state index >= 15 is 0 Å². The third-order valence-electron chi connectivity index (χ3n) is 1.94. The monoisotopic (exact) mass is 237 g/mol. The molecule has 0 unspecified atom stereocenters. The predicted octanol–water partition coefficient (Wildman–Crippen LogP) is 2.28. The Labute approximate surface area is 96.5 Å². The van der Waals surface area contributed by atoms with E-state index in [2.05, 4.69) is 15.3 Å². The summed E-state index contributed by atoms with van der Waals surface area (Å²) in [6.45, 7) is 1.78. The summed E-state index contributed by atoms with van der Waals surface area (Å²) in [5.74, 6) is 0.229. The van der Waals surface area contributed by atoms with Gasteiger partial charge >= 0.3 is 0 Å². The molecule has 0 aliphatic heterocycles. The van der Waals surface area contributed by atoms with Crippen LogP contribution >= 0.6 is 11.6 Å². The number of aromatic nitrogens is 2. The predicted molar refractivity (Wildman–Crippen MR) is 58.4 cm³/mol. The van der Waals surface area contributed by atoms with Crippen LogP contribution in [-0.2, 0) is 0 Å². The fourth-order valence-electron chi connectivity index (χ4n) is 1.18. The molecular weight excluding hydrogens is 230 g/mol. The Balaban J connectivity index is 2.17. The first-order valence-corrected chi connectivity index (χ1v) is 4.88. The Morgan fingerprint density at radius 3 is 2.94 bits per heavy atom. The zero-order valence-electron chi connectivity index (χ0n) is 8.40. The minimum atomic E-state index is -0.364. The number of nitrogens with zero attached hydrogens (tertiary/aromatic N) is 2. The lowest BCUT2D eigenvalue weighted by Gasteiger charge is -2.02. The average Bonchev–Trinajstić information content (AvgIpc) is 2.64. The van der Waals surface area contributed by atoms with Crippen LogP contribution in [0.5, 0.6) is 0 Å². The topological polar surface area (TPSA) is 68.0 Å². The smallest absolute Gasteiger partial charge is 0.292 e. The Bertz CT molecular complexity index is 524. The molecule has 5 nitrogen and oxygen atoms in total. The van der Waals surface area contributed by atoms with Gasteiger partial charge in [0.25, 0.3) is 5.91 Å². The van der Waals surface area contributed by atoms with E-state index in [9.17, 15) is 4.79 Å². The maximum Gasteiger partial charge on any atom is 0.292 e. The maximum atomic E-state index is 11.7. The van der Waals surface area contributed by atoms with E-state index in [-0.39, 0.29) is 17.0 Å². The summed E-state index contributed by atoms with van der Waals surface area (Å²) < 4.78 is 5.04. The van der Waals surface area contributed by atoms with Crippen molar-refractivity contribution in [2.45, 2.75) is 6.92 Å². The molecule has 0 aliphatic carbocycles. The third kappa shape index (κ3) is 2.20. The Morgan fingerprint density at radius 1 is 1.50 bits per heavy atom. The highest BCUT2D eigenvalue weighted by Gasteiger charge is 2.13. The van der Waals surface area contributed by atoms with Crippen LogP contribution in [0.25, 0.3) is 0 Å². The van der Waals surface area contributed by atoms with Gasteiger partial charge in [-0.25, -0.2) is 9.97 Å². The summed E-state index contributed by atoms with van der Waals surface area (Å²) >= 11 is 5.59. The molecule has 2 aromatic rings. The number of carbonyl (C=O) groups is 1. The van der Waals surface area contributed by atoms with Crippen molar-refractivity contribution >= 4 is 23.3 Å². The van der Waals surface area contributed by atoms with Crippen LogP contribution in [0, 0.1) is 6.92 Å². The van der Waals surface area contributed by atoms with Crippen molar-refractivity contribution in [2.75, 3.05) is 5.32 Å². The van der Waals surface area contributed by atoms with E-state index < -0.39 is 0 Å². The molecule has 0 fully saturated rings. The van der Waals surface area contributed by atoms with E-state index in [0.717, 1.165) is 5.56 Å². The molecule has 0 bridgehead atoms. The number of carbonyl (C=O) groups excluding carboxylic acids is 1. The van der Waals surface area contributed by atoms with Crippen molar-refractivity contribution in [2.24, 2.45) is 0 Å². The highest BCUT2D eigenvalue weighted by molar-refractivity contribution is 6.28. The molecule has 0 saturated heterocycles. The molecule has 2 aromatic heterocycles. The van der Waals surface area contributed by atoms with Crippen molar-refractivity contribution in [1.29, 1.82) is 0 Å². The lowest BCUT2D eigenvalue weighted by atomic mass is 10.3. The van der Waals surface area contributed by atoms with Crippen molar-refractivity contribution in [1.82, 2.24) is 9.97 Å². The molecular formula is C10H8ClN3O2. The minimum Gasteiger partial charge on any atom is -0.459 e. The van der Waals surface area contributed by atoms with Crippen LogP contribution in [0.15, 0.2) is 29.0 Å². The van der Waals surface area contributed by atoms with E-state index in [4.69, 9.17) is 16.0 Å². The summed E-state index contributed by atoms with van der Waals surface area (Å²) in [7, 11) is 0. The number of rotatable bonds is 2. The SMILES string of the molecule is Cc1ccoc1C(=O)Nc1ccnc(Cl)n1. The van der Waals surface area contributed by atoms with Crippen LogP contribution in [0.1, 0.15) is 16.1 Å². The second-order valence-electron chi connectivity index (χ2n) is 3.10. The number of amides is 1. The van der Waals surface area contributed by atoms with Crippen molar-refractivity contribution in [3.63, 3.8) is 0 Å². The van der Waals surface area contributed by atoms with E-state index in [1.165, 1.54) is 12.5 Å². The molecule has 16 heavy (non-hydrogen) atoms. The molecule has 82 valence electrons. The molecule has 2 rings (SSSR count). The standard InChI is InChI=1S/C10H8ClN3O2/c1-6-3-5-16-8(6)9(15)13-7-2-4-12-10(11)14-7/h2-5H,1H3,(H,12,13,14,15). The fraction of sp³-hybridized carbons (Fsp3) is 0.100. The first kappa shape index (κ1) is 10.6. The molecule has 1 amide bonds. The average molecular weight is 238 g/mol. The highest BCUT2D eigenvalue weighted by atomic mass is 35.5. The zero-order valence-corrected chi connectivity index (χ0v) is 9.15. The molecule has 2 heterocycles. The first-order chi connectivity index (χ1) is 7.66. The number of anilines is 1. The van der Waals surface area contributed by atoms with Gasteiger partial charge in [0.1, 0.15) is 5.82 Å². The van der Waals surface area contributed by atoms with Gasteiger partial charge in [0, 0.05) is 11.8 Å². The van der Waals surface area contributed by atoms with Crippen LogP contribution in [-0.4, -0.2) is 15.9 Å². The van der Waals surface area contributed by atoms with Gasteiger partial charge in [-0.3, -0.25) is 4.79 Å².